The van der Waals surface area contributed by atoms with Gasteiger partial charge in [-0.3, -0.25) is 0 Å². The van der Waals surface area contributed by atoms with Crippen LogP contribution in [0, 0.1) is 5.92 Å². The summed E-state index contributed by atoms with van der Waals surface area (Å²) in [5.74, 6) is 0.815. The van der Waals surface area contributed by atoms with Gasteiger partial charge in [0.2, 0.25) is 0 Å². The molecular formula is C15H20N2S. The molecule has 0 amide bonds. The predicted molar refractivity (Wildman–Crippen MR) is 78.9 cm³/mol. The molecule has 18 heavy (non-hydrogen) atoms. The van der Waals surface area contributed by atoms with Crippen molar-refractivity contribution in [1.29, 1.82) is 0 Å². The topological polar surface area (TPSA) is 29.3 Å². The first-order valence-corrected chi connectivity index (χ1v) is 7.49. The van der Waals surface area contributed by atoms with E-state index in [0.717, 1.165) is 12.5 Å². The second kappa shape index (κ2) is 5.00. The van der Waals surface area contributed by atoms with Gasteiger partial charge >= 0.3 is 0 Å². The van der Waals surface area contributed by atoms with E-state index < -0.39 is 0 Å². The molecule has 3 heteroatoms. The Kier molecular flexibility index (Phi) is 3.37. The molecule has 1 aromatic heterocycles. The lowest BCUT2D eigenvalue weighted by Crippen LogP contribution is -2.41. The maximum atomic E-state index is 5.84. The van der Waals surface area contributed by atoms with Crippen LogP contribution in [0.25, 0.3) is 10.1 Å². The van der Waals surface area contributed by atoms with Gasteiger partial charge in [-0.2, -0.15) is 0 Å². The number of rotatable bonds is 4. The van der Waals surface area contributed by atoms with Crippen LogP contribution in [0.4, 0.5) is 0 Å². The Labute approximate surface area is 112 Å². The molecule has 1 fully saturated rings. The minimum Gasteiger partial charge on any atom is -0.328 e. The summed E-state index contributed by atoms with van der Waals surface area (Å²) in [5.41, 5.74) is 7.30. The molecule has 0 saturated heterocycles. The number of hydrogen-bond acceptors (Lipinski definition) is 3. The monoisotopic (exact) mass is 260 g/mol. The lowest BCUT2D eigenvalue weighted by Gasteiger charge is -2.35. The van der Waals surface area contributed by atoms with E-state index in [9.17, 15) is 0 Å². The Morgan fingerprint density at radius 1 is 1.33 bits per heavy atom. The maximum Gasteiger partial charge on any atom is 0.0346 e. The summed E-state index contributed by atoms with van der Waals surface area (Å²) in [7, 11) is 2.22. The summed E-state index contributed by atoms with van der Waals surface area (Å²) in [6, 6.07) is 9.14. The van der Waals surface area contributed by atoms with Gasteiger partial charge in [0.1, 0.15) is 0 Å². The number of fused-ring (bicyclic) bond motifs is 1. The summed E-state index contributed by atoms with van der Waals surface area (Å²) in [4.78, 5) is 2.44. The molecule has 1 aromatic carbocycles. The van der Waals surface area contributed by atoms with Crippen LogP contribution in [0.15, 0.2) is 29.6 Å². The molecule has 0 atom stereocenters. The van der Waals surface area contributed by atoms with Crippen molar-refractivity contribution >= 4 is 21.4 Å². The molecule has 96 valence electrons. The third-order valence-electron chi connectivity index (χ3n) is 3.84. The van der Waals surface area contributed by atoms with Gasteiger partial charge in [-0.05, 0) is 48.2 Å². The lowest BCUT2D eigenvalue weighted by atomic mass is 9.80. The van der Waals surface area contributed by atoms with Crippen LogP contribution in [0.5, 0.6) is 0 Å². The highest BCUT2D eigenvalue weighted by atomic mass is 32.1. The number of nitrogens with zero attached hydrogens (tertiary/aromatic N) is 1. The molecule has 2 N–H and O–H groups in total. The largest absolute Gasteiger partial charge is 0.328 e. The highest BCUT2D eigenvalue weighted by Gasteiger charge is 2.26. The first-order valence-electron chi connectivity index (χ1n) is 6.61. The molecule has 2 nitrogen and oxygen atoms in total. The molecule has 2 aromatic rings. The maximum absolute atomic E-state index is 5.84. The zero-order valence-electron chi connectivity index (χ0n) is 10.8. The van der Waals surface area contributed by atoms with Gasteiger partial charge in [0.25, 0.3) is 0 Å². The first kappa shape index (κ1) is 12.2. The Bertz CT molecular complexity index is 528. The molecule has 0 aliphatic heterocycles. The lowest BCUT2D eigenvalue weighted by molar-refractivity contribution is 0.178. The molecule has 0 unspecified atom stereocenters. The van der Waals surface area contributed by atoms with Crippen LogP contribution < -0.4 is 5.73 Å². The highest BCUT2D eigenvalue weighted by Crippen LogP contribution is 2.29. The van der Waals surface area contributed by atoms with E-state index in [-0.39, 0.29) is 0 Å². The summed E-state index contributed by atoms with van der Waals surface area (Å²) in [5, 5.41) is 3.72. The molecule has 1 heterocycles. The number of nitrogens with two attached hydrogens (primary N) is 1. The minimum atomic E-state index is 0.463. The van der Waals surface area contributed by atoms with Gasteiger partial charge in [0, 0.05) is 23.8 Å². The highest BCUT2D eigenvalue weighted by molar-refractivity contribution is 7.17. The molecule has 1 saturated carbocycles. The van der Waals surface area contributed by atoms with Gasteiger partial charge in [0.05, 0.1) is 0 Å². The summed E-state index contributed by atoms with van der Waals surface area (Å²) < 4.78 is 1.39. The smallest absolute Gasteiger partial charge is 0.0346 e. The normalized spacial score (nSPS) is 23.5. The molecule has 1 aliphatic rings. The van der Waals surface area contributed by atoms with Crippen molar-refractivity contribution in [2.45, 2.75) is 25.4 Å². The van der Waals surface area contributed by atoms with Crippen LogP contribution in [0.2, 0.25) is 0 Å². The molecule has 3 rings (SSSR count). The Morgan fingerprint density at radius 2 is 2.11 bits per heavy atom. The standard InChI is InChI=1S/C15H20N2S/c1-17(8-11-6-13(16)7-11)9-12-10-18-15-5-3-2-4-14(12)15/h2-5,10-11,13H,6-9,16H2,1H3. The van der Waals surface area contributed by atoms with Crippen molar-refractivity contribution < 1.29 is 0 Å². The van der Waals surface area contributed by atoms with E-state index >= 15 is 0 Å². The molecule has 0 spiro atoms. The van der Waals surface area contributed by atoms with E-state index in [0.29, 0.717) is 6.04 Å². The fraction of sp³-hybridized carbons (Fsp3) is 0.467. The second-order valence-electron chi connectivity index (χ2n) is 5.55. The van der Waals surface area contributed by atoms with Crippen molar-refractivity contribution in [2.24, 2.45) is 11.7 Å². The molecular weight excluding hydrogens is 240 g/mol. The fourth-order valence-corrected chi connectivity index (χ4v) is 3.84. The van der Waals surface area contributed by atoms with Crippen molar-refractivity contribution in [2.75, 3.05) is 13.6 Å². The van der Waals surface area contributed by atoms with Gasteiger partial charge in [-0.15, -0.1) is 11.3 Å². The summed E-state index contributed by atoms with van der Waals surface area (Å²) in [6.45, 7) is 2.23. The average molecular weight is 260 g/mol. The van der Waals surface area contributed by atoms with Crippen molar-refractivity contribution in [3.8, 4) is 0 Å². The average Bonchev–Trinajstić information content (AvgIpc) is 2.71. The van der Waals surface area contributed by atoms with Crippen LogP contribution in [-0.4, -0.2) is 24.5 Å². The Balaban J connectivity index is 1.65. The van der Waals surface area contributed by atoms with Crippen LogP contribution in [0.3, 0.4) is 0 Å². The van der Waals surface area contributed by atoms with E-state index in [2.05, 4.69) is 41.6 Å². The number of thiophene rings is 1. The Hall–Kier alpha value is -0.900. The van der Waals surface area contributed by atoms with E-state index in [1.165, 1.54) is 35.0 Å². The number of benzene rings is 1. The SMILES string of the molecule is CN(Cc1csc2ccccc12)CC1CC(N)C1. The van der Waals surface area contributed by atoms with Gasteiger partial charge in [-0.1, -0.05) is 18.2 Å². The molecule has 1 aliphatic carbocycles. The van der Waals surface area contributed by atoms with Gasteiger partial charge in [0.15, 0.2) is 0 Å². The second-order valence-corrected chi connectivity index (χ2v) is 6.46. The third-order valence-corrected chi connectivity index (χ3v) is 4.86. The quantitative estimate of drug-likeness (QED) is 0.915. The van der Waals surface area contributed by atoms with Crippen molar-refractivity contribution in [3.05, 3.63) is 35.2 Å². The summed E-state index contributed by atoms with van der Waals surface area (Å²) >= 11 is 1.85. The zero-order chi connectivity index (χ0) is 12.5. The van der Waals surface area contributed by atoms with Crippen LogP contribution in [0.1, 0.15) is 18.4 Å². The van der Waals surface area contributed by atoms with Crippen LogP contribution >= 0.6 is 11.3 Å². The van der Waals surface area contributed by atoms with Crippen LogP contribution in [-0.2, 0) is 6.54 Å². The van der Waals surface area contributed by atoms with Crippen molar-refractivity contribution in [1.82, 2.24) is 4.90 Å². The van der Waals surface area contributed by atoms with E-state index in [4.69, 9.17) is 5.73 Å². The summed E-state index contributed by atoms with van der Waals surface area (Å²) in [6.07, 6.45) is 2.41. The fourth-order valence-electron chi connectivity index (χ4n) is 2.89. The Morgan fingerprint density at radius 3 is 2.89 bits per heavy atom. The molecule has 0 bridgehead atoms. The van der Waals surface area contributed by atoms with E-state index in [1.807, 2.05) is 11.3 Å². The third kappa shape index (κ3) is 2.44. The zero-order valence-corrected chi connectivity index (χ0v) is 11.6. The van der Waals surface area contributed by atoms with E-state index in [1.54, 1.807) is 0 Å². The van der Waals surface area contributed by atoms with Gasteiger partial charge in [-0.25, -0.2) is 0 Å². The predicted octanol–water partition coefficient (Wildman–Crippen LogP) is 3.07. The minimum absolute atomic E-state index is 0.463. The number of hydrogen-bond donors (Lipinski definition) is 1. The molecule has 0 radical (unpaired) electrons. The van der Waals surface area contributed by atoms with Crippen molar-refractivity contribution in [3.63, 3.8) is 0 Å². The first-order chi connectivity index (χ1) is 8.72. The van der Waals surface area contributed by atoms with Gasteiger partial charge < -0.3 is 10.6 Å².